The lowest BCUT2D eigenvalue weighted by molar-refractivity contribution is 0.140. The van der Waals surface area contributed by atoms with Gasteiger partial charge in [-0.3, -0.25) is 4.99 Å². The molecule has 2 heterocycles. The van der Waals surface area contributed by atoms with Gasteiger partial charge in [-0.15, -0.1) is 0 Å². The zero-order chi connectivity index (χ0) is 20.5. The van der Waals surface area contributed by atoms with E-state index in [2.05, 4.69) is 52.6 Å². The third kappa shape index (κ3) is 6.89. The molecule has 0 spiro atoms. The maximum absolute atomic E-state index is 6.21. The molecule has 6 heteroatoms. The van der Waals surface area contributed by atoms with Crippen LogP contribution in [0.15, 0.2) is 23.2 Å². The summed E-state index contributed by atoms with van der Waals surface area (Å²) in [5.74, 6) is 2.53. The molecular weight excluding hydrogens is 364 g/mol. The number of ether oxygens (including phenoxy) is 2. The first-order valence-electron chi connectivity index (χ1n) is 11.2. The van der Waals surface area contributed by atoms with Crippen LogP contribution in [0.25, 0.3) is 0 Å². The third-order valence-electron chi connectivity index (χ3n) is 5.88. The van der Waals surface area contributed by atoms with Gasteiger partial charge in [0.1, 0.15) is 11.9 Å². The first-order valence-corrected chi connectivity index (χ1v) is 11.2. The number of benzene rings is 1. The monoisotopic (exact) mass is 402 g/mol. The van der Waals surface area contributed by atoms with Crippen molar-refractivity contribution in [1.82, 2.24) is 15.5 Å². The fourth-order valence-electron chi connectivity index (χ4n) is 4.07. The fraction of sp³-hybridized carbons (Fsp3) is 0.696. The molecule has 2 N–H and O–H groups in total. The van der Waals surface area contributed by atoms with Gasteiger partial charge in [0.15, 0.2) is 5.96 Å². The summed E-state index contributed by atoms with van der Waals surface area (Å²) in [6, 6.07) is 6.40. The molecule has 162 valence electrons. The molecule has 0 aromatic heterocycles. The minimum Gasteiger partial charge on any atom is -0.488 e. The largest absolute Gasteiger partial charge is 0.488 e. The lowest BCUT2D eigenvalue weighted by Gasteiger charge is -2.32. The van der Waals surface area contributed by atoms with Gasteiger partial charge in [-0.1, -0.05) is 19.1 Å². The molecule has 6 nitrogen and oxygen atoms in total. The highest BCUT2D eigenvalue weighted by molar-refractivity contribution is 5.79. The molecule has 2 aliphatic rings. The molecule has 3 rings (SSSR count). The molecule has 2 saturated heterocycles. The van der Waals surface area contributed by atoms with Crippen LogP contribution in [-0.2, 0) is 11.3 Å². The van der Waals surface area contributed by atoms with Gasteiger partial charge < -0.3 is 25.0 Å². The predicted molar refractivity (Wildman–Crippen MR) is 119 cm³/mol. The number of guanidine groups is 1. The molecule has 0 amide bonds. The summed E-state index contributed by atoms with van der Waals surface area (Å²) in [6.07, 6.45) is 4.90. The average Bonchev–Trinajstić information content (AvgIpc) is 3.24. The number of nitrogens with zero attached hydrogens (tertiary/aromatic N) is 2. The van der Waals surface area contributed by atoms with E-state index in [9.17, 15) is 0 Å². The van der Waals surface area contributed by atoms with E-state index in [1.807, 2.05) is 7.05 Å². The normalized spacial score (nSPS) is 21.3. The van der Waals surface area contributed by atoms with Crippen LogP contribution < -0.4 is 15.4 Å². The molecule has 2 aliphatic heterocycles. The second-order valence-electron chi connectivity index (χ2n) is 8.31. The van der Waals surface area contributed by atoms with E-state index in [4.69, 9.17) is 9.47 Å². The second kappa shape index (κ2) is 11.4. The zero-order valence-corrected chi connectivity index (χ0v) is 18.4. The van der Waals surface area contributed by atoms with Gasteiger partial charge in [-0.25, -0.2) is 0 Å². The van der Waals surface area contributed by atoms with Crippen molar-refractivity contribution in [2.24, 2.45) is 10.9 Å². The number of aryl methyl sites for hydroxylation is 1. The Balaban J connectivity index is 1.47. The molecule has 1 unspecified atom stereocenters. The Labute approximate surface area is 176 Å². The molecule has 0 saturated carbocycles. The van der Waals surface area contributed by atoms with Gasteiger partial charge in [-0.2, -0.15) is 0 Å². The highest BCUT2D eigenvalue weighted by Crippen LogP contribution is 2.24. The van der Waals surface area contributed by atoms with Crippen LogP contribution in [0, 0.1) is 12.8 Å². The van der Waals surface area contributed by atoms with Crippen molar-refractivity contribution in [2.45, 2.75) is 52.2 Å². The smallest absolute Gasteiger partial charge is 0.191 e. The number of nitrogens with one attached hydrogen (secondary N) is 2. The van der Waals surface area contributed by atoms with Gasteiger partial charge in [0, 0.05) is 32.1 Å². The molecule has 0 radical (unpaired) electrons. The summed E-state index contributed by atoms with van der Waals surface area (Å²) in [7, 11) is 1.83. The maximum Gasteiger partial charge on any atom is 0.191 e. The highest BCUT2D eigenvalue weighted by Gasteiger charge is 2.20. The molecule has 1 aromatic carbocycles. The summed E-state index contributed by atoms with van der Waals surface area (Å²) in [4.78, 5) is 6.99. The van der Waals surface area contributed by atoms with Crippen molar-refractivity contribution >= 4 is 5.96 Å². The van der Waals surface area contributed by atoms with E-state index >= 15 is 0 Å². The Hall–Kier alpha value is -1.79. The number of piperidine rings is 1. The molecule has 1 atom stereocenters. The van der Waals surface area contributed by atoms with Crippen LogP contribution in [0.5, 0.6) is 5.75 Å². The summed E-state index contributed by atoms with van der Waals surface area (Å²) in [5.41, 5.74) is 2.36. The summed E-state index contributed by atoms with van der Waals surface area (Å²) < 4.78 is 11.7. The third-order valence-corrected chi connectivity index (χ3v) is 5.88. The van der Waals surface area contributed by atoms with Gasteiger partial charge in [0.05, 0.1) is 13.2 Å². The van der Waals surface area contributed by atoms with Crippen molar-refractivity contribution in [2.75, 3.05) is 46.4 Å². The van der Waals surface area contributed by atoms with Crippen LogP contribution in [0.1, 0.15) is 43.7 Å². The molecule has 2 fully saturated rings. The number of likely N-dealkylation sites (tertiary alicyclic amines) is 1. The van der Waals surface area contributed by atoms with E-state index in [1.165, 1.54) is 44.5 Å². The Kier molecular flexibility index (Phi) is 8.62. The zero-order valence-electron chi connectivity index (χ0n) is 18.4. The highest BCUT2D eigenvalue weighted by atomic mass is 16.5. The van der Waals surface area contributed by atoms with Crippen molar-refractivity contribution < 1.29 is 9.47 Å². The first-order chi connectivity index (χ1) is 14.2. The molecule has 0 bridgehead atoms. The summed E-state index contributed by atoms with van der Waals surface area (Å²) >= 11 is 0. The number of hydrogen-bond donors (Lipinski definition) is 2. The van der Waals surface area contributed by atoms with Crippen LogP contribution >= 0.6 is 0 Å². The molecule has 1 aromatic rings. The van der Waals surface area contributed by atoms with Gasteiger partial charge in [0.2, 0.25) is 0 Å². The number of rotatable bonds is 8. The van der Waals surface area contributed by atoms with E-state index in [0.717, 1.165) is 42.8 Å². The fourth-order valence-corrected chi connectivity index (χ4v) is 4.07. The summed E-state index contributed by atoms with van der Waals surface area (Å²) in [6.45, 7) is 11.2. The van der Waals surface area contributed by atoms with E-state index in [0.29, 0.717) is 13.2 Å². The lowest BCUT2D eigenvalue weighted by atomic mass is 9.97. The Bertz CT molecular complexity index is 650. The maximum atomic E-state index is 6.21. The molecular formula is C23H38N4O2. The van der Waals surface area contributed by atoms with Gasteiger partial charge in [-0.05, 0) is 63.4 Å². The second-order valence-corrected chi connectivity index (χ2v) is 8.31. The Morgan fingerprint density at radius 3 is 2.76 bits per heavy atom. The first kappa shape index (κ1) is 21.9. The van der Waals surface area contributed by atoms with Crippen LogP contribution in [-0.4, -0.2) is 63.4 Å². The topological polar surface area (TPSA) is 58.1 Å². The van der Waals surface area contributed by atoms with Crippen LogP contribution in [0.3, 0.4) is 0 Å². The van der Waals surface area contributed by atoms with E-state index in [1.54, 1.807) is 0 Å². The predicted octanol–water partition coefficient (Wildman–Crippen LogP) is 2.95. The van der Waals surface area contributed by atoms with Crippen molar-refractivity contribution in [1.29, 1.82) is 0 Å². The van der Waals surface area contributed by atoms with Gasteiger partial charge >= 0.3 is 0 Å². The van der Waals surface area contributed by atoms with Crippen molar-refractivity contribution in [3.05, 3.63) is 29.3 Å². The van der Waals surface area contributed by atoms with Crippen molar-refractivity contribution in [3.8, 4) is 5.75 Å². The molecule has 0 aliphatic carbocycles. The minimum absolute atomic E-state index is 0.159. The van der Waals surface area contributed by atoms with Crippen LogP contribution in [0.4, 0.5) is 0 Å². The minimum atomic E-state index is 0.159. The van der Waals surface area contributed by atoms with Crippen molar-refractivity contribution in [3.63, 3.8) is 0 Å². The van der Waals surface area contributed by atoms with E-state index < -0.39 is 0 Å². The number of aliphatic imine (C=N–C) groups is 1. The summed E-state index contributed by atoms with van der Waals surface area (Å²) in [5, 5.41) is 6.98. The SMILES string of the molecule is CCCN1CCC(CNC(=NC)NCc2ccc(C)cc2OC2CCOC2)CC1. The Morgan fingerprint density at radius 2 is 2.07 bits per heavy atom. The van der Waals surface area contributed by atoms with Gasteiger partial charge in [0.25, 0.3) is 0 Å². The quantitative estimate of drug-likeness (QED) is 0.517. The average molecular weight is 403 g/mol. The van der Waals surface area contributed by atoms with Crippen LogP contribution in [0.2, 0.25) is 0 Å². The van der Waals surface area contributed by atoms with E-state index in [-0.39, 0.29) is 6.10 Å². The lowest BCUT2D eigenvalue weighted by Crippen LogP contribution is -2.42. The standard InChI is InChI=1S/C23H38N4O2/c1-4-10-27-11-7-19(8-12-27)15-25-23(24-3)26-16-20-6-5-18(2)14-22(20)29-21-9-13-28-17-21/h5-6,14,19,21H,4,7-13,15-17H2,1-3H3,(H2,24,25,26). The Morgan fingerprint density at radius 1 is 1.24 bits per heavy atom. The number of hydrogen-bond acceptors (Lipinski definition) is 4. The molecule has 29 heavy (non-hydrogen) atoms.